The number of nitrogen functional groups attached to an aromatic ring is 1. The number of carbonyl (C=O) groups excluding carboxylic acids is 2. The number of unbranched alkanes of at least 4 members (excludes halogenated alkanes) is 12. The largest absolute Gasteiger partial charge is 0.481 e. The molecule has 0 bridgehead atoms. The minimum Gasteiger partial charge on any atom is -0.462 e. The van der Waals surface area contributed by atoms with E-state index < -0.39 is 83.7 Å². The second-order valence-corrected chi connectivity index (χ2v) is 19.8. The number of ether oxygens (including phenoxy) is 4. The topological polar surface area (TPSA) is 278 Å². The molecule has 4 unspecified atom stereocenters. The van der Waals surface area contributed by atoms with Gasteiger partial charge in [-0.05, 0) is 50.5 Å². The molecule has 21 heteroatoms. The average molecular weight is 938 g/mol. The third kappa shape index (κ3) is 23.0. The van der Waals surface area contributed by atoms with Crippen molar-refractivity contribution < 1.29 is 71.0 Å². The normalized spacial score (nSPS) is 23.4. The predicted octanol–water partition coefficient (Wildman–Crippen LogP) is 6.95. The van der Waals surface area contributed by atoms with Gasteiger partial charge in [0.25, 0.3) is 0 Å². The van der Waals surface area contributed by atoms with Gasteiger partial charge in [0.15, 0.2) is 12.3 Å². The predicted molar refractivity (Wildman–Crippen MR) is 233 cm³/mol. The van der Waals surface area contributed by atoms with Crippen molar-refractivity contribution in [2.45, 2.75) is 192 Å². The molecular formula is C42H73N3O16P2. The maximum absolute atomic E-state index is 12.8. The fraction of sp³-hybridized carbons (Fsp3) is 0.810. The van der Waals surface area contributed by atoms with E-state index in [4.69, 9.17) is 33.7 Å². The van der Waals surface area contributed by atoms with E-state index in [-0.39, 0.29) is 18.7 Å². The Bertz CT molecular complexity index is 1680. The summed E-state index contributed by atoms with van der Waals surface area (Å²) in [5, 5.41) is 20.8. The Labute approximate surface area is 371 Å². The van der Waals surface area contributed by atoms with Crippen LogP contribution in [0, 0.1) is 5.92 Å². The fourth-order valence-electron chi connectivity index (χ4n) is 7.03. The Kier molecular flexibility index (Phi) is 25.4. The molecule has 0 aromatic carbocycles. The Morgan fingerprint density at radius 2 is 1.48 bits per heavy atom. The lowest BCUT2D eigenvalue weighted by atomic mass is 10.0. The second-order valence-electron chi connectivity index (χ2n) is 16.8. The summed E-state index contributed by atoms with van der Waals surface area (Å²) in [4.78, 5) is 61.6. The van der Waals surface area contributed by atoms with Crippen molar-refractivity contribution in [3.63, 3.8) is 0 Å². The molecule has 0 amide bonds. The Morgan fingerprint density at radius 3 is 2.16 bits per heavy atom. The van der Waals surface area contributed by atoms with Crippen LogP contribution in [-0.2, 0) is 51.0 Å². The van der Waals surface area contributed by atoms with Gasteiger partial charge in [-0.3, -0.25) is 23.2 Å². The lowest BCUT2D eigenvalue weighted by molar-refractivity contribution is -0.161. The fourth-order valence-corrected chi connectivity index (χ4v) is 9.14. The van der Waals surface area contributed by atoms with Gasteiger partial charge in [0.2, 0.25) is 0 Å². The molecule has 0 saturated carbocycles. The Balaban J connectivity index is 1.42. The quantitative estimate of drug-likeness (QED) is 0.0151. The summed E-state index contributed by atoms with van der Waals surface area (Å²) in [6.45, 7) is 4.27. The second kappa shape index (κ2) is 29.2. The smallest absolute Gasteiger partial charge is 0.462 e. The number of esters is 2. The molecule has 3 rings (SSSR count). The zero-order valence-corrected chi connectivity index (χ0v) is 39.0. The number of nitrogens with zero attached hydrogens (tertiary/aromatic N) is 2. The zero-order chi connectivity index (χ0) is 46.3. The van der Waals surface area contributed by atoms with Gasteiger partial charge in [-0.15, -0.1) is 0 Å². The number of hydrogen-bond donors (Lipinski definition) is 5. The van der Waals surface area contributed by atoms with Crippen molar-refractivity contribution in [3.05, 3.63) is 34.9 Å². The standard InChI is InChI=1S/C42H73N3O16P2/c1-4-5-16-22-33-34(59-33)23-18-13-8-6-7-9-15-20-25-38(47)58-32(28-55-37(46)24-19-14-11-10-12-17-21-31(2)3)29-56-62(51,52)61-63(53,54)57-30-35-39(48)40(49)41(60-35)45-27-26-36(43)44-42(45)50/h13,18,26-27,31-35,39-41,48-49H,4-12,14-17,19-25,28-30H2,1-3H3,(H,51,52)(H,53,54)(H2,43,44,50)/b18-13-/t32-,33?,34?,35-,39-,40-,41-/m1/s1. The molecule has 0 aliphatic carbocycles. The molecule has 2 saturated heterocycles. The van der Waals surface area contributed by atoms with Crippen molar-refractivity contribution >= 4 is 33.4 Å². The summed E-state index contributed by atoms with van der Waals surface area (Å²) in [5.74, 6) is -0.650. The molecule has 2 fully saturated rings. The minimum absolute atomic E-state index is 0.0312. The molecule has 362 valence electrons. The lowest BCUT2D eigenvalue weighted by Crippen LogP contribution is -2.36. The van der Waals surface area contributed by atoms with Crippen molar-refractivity contribution in [1.29, 1.82) is 0 Å². The highest BCUT2D eigenvalue weighted by atomic mass is 31.3. The Hall–Kier alpha value is -2.54. The SMILES string of the molecule is CCCCCC1OC1C/C=C\CCCCCCCC(=O)O[C@H](COC(=O)CCCCCCCCC(C)C)COP(=O)(O)OP(=O)(O)OC[C@H]1O[C@@H](n2ccc(N)nc2=O)[C@H](O)[C@@H]1O. The van der Waals surface area contributed by atoms with Gasteiger partial charge in [0.1, 0.15) is 30.7 Å². The molecule has 19 nitrogen and oxygen atoms in total. The number of aliphatic hydroxyl groups is 2. The third-order valence-corrected chi connectivity index (χ3v) is 13.3. The summed E-state index contributed by atoms with van der Waals surface area (Å²) in [7, 11) is -10.8. The number of carbonyl (C=O) groups is 2. The van der Waals surface area contributed by atoms with Crippen molar-refractivity contribution in [1.82, 2.24) is 9.55 Å². The van der Waals surface area contributed by atoms with Gasteiger partial charge in [0, 0.05) is 19.0 Å². The maximum atomic E-state index is 12.8. The first kappa shape index (κ1) is 54.8. The molecule has 2 aliphatic rings. The van der Waals surface area contributed by atoms with Gasteiger partial charge in [0.05, 0.1) is 25.4 Å². The van der Waals surface area contributed by atoms with Crippen LogP contribution in [0.3, 0.4) is 0 Å². The highest BCUT2D eigenvalue weighted by molar-refractivity contribution is 7.61. The zero-order valence-electron chi connectivity index (χ0n) is 37.2. The van der Waals surface area contributed by atoms with Gasteiger partial charge in [-0.25, -0.2) is 13.9 Å². The van der Waals surface area contributed by atoms with E-state index in [1.165, 1.54) is 38.2 Å². The van der Waals surface area contributed by atoms with Crippen LogP contribution < -0.4 is 11.4 Å². The van der Waals surface area contributed by atoms with Gasteiger partial charge in [-0.1, -0.05) is 110 Å². The van der Waals surface area contributed by atoms with E-state index in [1.54, 1.807) is 0 Å². The molecule has 9 atom stereocenters. The number of anilines is 1. The Morgan fingerprint density at radius 1 is 0.825 bits per heavy atom. The van der Waals surface area contributed by atoms with E-state index in [9.17, 15) is 43.5 Å². The monoisotopic (exact) mass is 937 g/mol. The molecule has 6 N–H and O–H groups in total. The number of aromatic nitrogens is 2. The molecule has 3 heterocycles. The van der Waals surface area contributed by atoms with Crippen LogP contribution in [-0.4, -0.2) is 97.9 Å². The molecule has 2 aliphatic heterocycles. The highest BCUT2D eigenvalue weighted by Gasteiger charge is 2.46. The number of epoxide rings is 1. The number of rotatable bonds is 35. The van der Waals surface area contributed by atoms with Gasteiger partial charge in [-0.2, -0.15) is 9.29 Å². The first-order chi connectivity index (χ1) is 30.0. The van der Waals surface area contributed by atoms with Crippen molar-refractivity contribution in [3.8, 4) is 0 Å². The molecule has 63 heavy (non-hydrogen) atoms. The number of hydrogen-bond acceptors (Lipinski definition) is 16. The van der Waals surface area contributed by atoms with Gasteiger partial charge < -0.3 is 44.7 Å². The highest BCUT2D eigenvalue weighted by Crippen LogP contribution is 2.60. The average Bonchev–Trinajstić information content (AvgIpc) is 3.91. The summed E-state index contributed by atoms with van der Waals surface area (Å²) < 4.78 is 62.2. The number of nitrogens with two attached hydrogens (primary N) is 1. The van der Waals surface area contributed by atoms with E-state index in [1.807, 2.05) is 0 Å². The minimum atomic E-state index is -5.42. The van der Waals surface area contributed by atoms with Crippen LogP contribution in [0.2, 0.25) is 0 Å². The van der Waals surface area contributed by atoms with Crippen LogP contribution in [0.25, 0.3) is 0 Å². The number of phosphoric ester groups is 2. The summed E-state index contributed by atoms with van der Waals surface area (Å²) in [5.41, 5.74) is 4.57. The summed E-state index contributed by atoms with van der Waals surface area (Å²) in [6, 6.07) is 1.24. The maximum Gasteiger partial charge on any atom is 0.481 e. The molecule has 0 spiro atoms. The van der Waals surface area contributed by atoms with Crippen molar-refractivity contribution in [2.75, 3.05) is 25.6 Å². The van der Waals surface area contributed by atoms with E-state index >= 15 is 0 Å². The lowest BCUT2D eigenvalue weighted by Gasteiger charge is -2.21. The summed E-state index contributed by atoms with van der Waals surface area (Å²) in [6.07, 6.45) is 16.7. The third-order valence-electron chi connectivity index (χ3n) is 10.7. The first-order valence-electron chi connectivity index (χ1n) is 22.7. The van der Waals surface area contributed by atoms with Crippen LogP contribution in [0.1, 0.15) is 155 Å². The van der Waals surface area contributed by atoms with Gasteiger partial charge >= 0.3 is 33.3 Å². The number of aliphatic hydroxyl groups excluding tert-OH is 2. The van der Waals surface area contributed by atoms with Crippen molar-refractivity contribution in [2.24, 2.45) is 5.92 Å². The van der Waals surface area contributed by atoms with E-state index in [2.05, 4.69) is 42.2 Å². The van der Waals surface area contributed by atoms with Crippen LogP contribution >= 0.6 is 15.6 Å². The van der Waals surface area contributed by atoms with E-state index in [0.29, 0.717) is 31.0 Å². The number of phosphoric acid groups is 2. The van der Waals surface area contributed by atoms with Crippen LogP contribution in [0.15, 0.2) is 29.2 Å². The van der Waals surface area contributed by atoms with Crippen LogP contribution in [0.5, 0.6) is 0 Å². The molecular weight excluding hydrogens is 864 g/mol. The first-order valence-corrected chi connectivity index (χ1v) is 25.7. The molecule has 1 aromatic heterocycles. The molecule has 1 aromatic rings. The molecule has 0 radical (unpaired) electrons. The van der Waals surface area contributed by atoms with Crippen LogP contribution in [0.4, 0.5) is 5.82 Å². The van der Waals surface area contributed by atoms with E-state index in [0.717, 1.165) is 81.4 Å². The summed E-state index contributed by atoms with van der Waals surface area (Å²) >= 11 is 0. The number of allylic oxidation sites excluding steroid dienone is 1.